The number of hydrogen-bond acceptors (Lipinski definition) is 4. The van der Waals surface area contributed by atoms with Gasteiger partial charge in [0.1, 0.15) is 12.7 Å². The molecule has 2 aromatic rings. The lowest BCUT2D eigenvalue weighted by atomic mass is 10.1. The number of halogens is 2. The first-order valence-electron chi connectivity index (χ1n) is 6.56. The van der Waals surface area contributed by atoms with Crippen LogP contribution in [0.3, 0.4) is 0 Å². The summed E-state index contributed by atoms with van der Waals surface area (Å²) in [6, 6.07) is 7.82. The normalized spacial score (nSPS) is 11.0. The Hall–Kier alpha value is -1.63. The van der Waals surface area contributed by atoms with Crippen LogP contribution in [0.2, 0.25) is 0 Å². The first-order chi connectivity index (χ1) is 9.65. The van der Waals surface area contributed by atoms with Crippen LogP contribution in [0.4, 0.5) is 0 Å². The molecule has 0 saturated carbocycles. The van der Waals surface area contributed by atoms with Gasteiger partial charge in [-0.05, 0) is 18.1 Å². The summed E-state index contributed by atoms with van der Waals surface area (Å²) < 4.78 is 1.75. The first kappa shape index (κ1) is 20.4. The number of hydrogen-bond donors (Lipinski definition) is 2. The lowest BCUT2D eigenvalue weighted by Gasteiger charge is -2.11. The number of carbonyl (C=O) groups excluding carboxylic acids is 1. The highest BCUT2D eigenvalue weighted by atomic mass is 35.5. The van der Waals surface area contributed by atoms with Crippen molar-refractivity contribution >= 4 is 30.7 Å². The van der Waals surface area contributed by atoms with E-state index in [1.165, 1.54) is 6.33 Å². The van der Waals surface area contributed by atoms with Crippen molar-refractivity contribution in [2.75, 3.05) is 0 Å². The van der Waals surface area contributed by atoms with Gasteiger partial charge < -0.3 is 11.1 Å². The van der Waals surface area contributed by atoms with Gasteiger partial charge in [-0.15, -0.1) is 24.8 Å². The summed E-state index contributed by atoms with van der Waals surface area (Å²) in [4.78, 5) is 15.6. The second-order valence-corrected chi connectivity index (χ2v) is 4.82. The smallest absolute Gasteiger partial charge is 0.221 e. The summed E-state index contributed by atoms with van der Waals surface area (Å²) in [5.41, 5.74) is 7.78. The van der Waals surface area contributed by atoms with Gasteiger partial charge in [0.05, 0.1) is 6.54 Å². The third-order valence-corrected chi connectivity index (χ3v) is 2.90. The van der Waals surface area contributed by atoms with Gasteiger partial charge >= 0.3 is 0 Å². The maximum Gasteiger partial charge on any atom is 0.221 e. The maximum absolute atomic E-state index is 11.6. The Morgan fingerprint density at radius 3 is 2.59 bits per heavy atom. The Kier molecular flexibility index (Phi) is 9.40. The molecule has 1 aromatic carbocycles. The molecular formula is C14H21Cl2N5O. The van der Waals surface area contributed by atoms with Crippen molar-refractivity contribution in [2.45, 2.75) is 32.5 Å². The number of amides is 1. The Morgan fingerprint density at radius 1 is 1.32 bits per heavy atom. The van der Waals surface area contributed by atoms with E-state index in [0.717, 1.165) is 11.1 Å². The zero-order chi connectivity index (χ0) is 14.4. The highest BCUT2D eigenvalue weighted by Gasteiger charge is 2.07. The second kappa shape index (κ2) is 10.2. The lowest BCUT2D eigenvalue weighted by Crippen LogP contribution is -2.29. The first-order valence-corrected chi connectivity index (χ1v) is 6.56. The molecule has 0 spiro atoms. The maximum atomic E-state index is 11.6. The lowest BCUT2D eigenvalue weighted by molar-refractivity contribution is -0.121. The van der Waals surface area contributed by atoms with E-state index >= 15 is 0 Å². The summed E-state index contributed by atoms with van der Waals surface area (Å²) >= 11 is 0. The van der Waals surface area contributed by atoms with Crippen LogP contribution in [0.1, 0.15) is 24.5 Å². The number of benzene rings is 1. The van der Waals surface area contributed by atoms with E-state index in [2.05, 4.69) is 15.4 Å². The monoisotopic (exact) mass is 345 g/mol. The van der Waals surface area contributed by atoms with E-state index in [9.17, 15) is 4.79 Å². The summed E-state index contributed by atoms with van der Waals surface area (Å²) in [6.45, 7) is 2.95. The highest BCUT2D eigenvalue weighted by Crippen LogP contribution is 2.10. The average molecular weight is 346 g/mol. The van der Waals surface area contributed by atoms with E-state index in [4.69, 9.17) is 5.73 Å². The average Bonchev–Trinajstić information content (AvgIpc) is 2.90. The molecule has 6 nitrogen and oxygen atoms in total. The number of nitrogens with two attached hydrogens (primary N) is 1. The Bertz CT molecular complexity index is 560. The van der Waals surface area contributed by atoms with Gasteiger partial charge in [-0.2, -0.15) is 5.10 Å². The fourth-order valence-corrected chi connectivity index (χ4v) is 1.93. The molecule has 0 saturated heterocycles. The van der Waals surface area contributed by atoms with Crippen LogP contribution < -0.4 is 11.1 Å². The molecule has 0 radical (unpaired) electrons. The molecule has 8 heteroatoms. The number of nitrogens with zero attached hydrogens (tertiary/aromatic N) is 3. The molecule has 122 valence electrons. The van der Waals surface area contributed by atoms with Gasteiger partial charge in [-0.3, -0.25) is 4.79 Å². The molecule has 2 rings (SSSR count). The minimum atomic E-state index is -0.125. The molecule has 3 N–H and O–H groups in total. The van der Waals surface area contributed by atoms with Crippen LogP contribution in [-0.2, 0) is 17.9 Å². The van der Waals surface area contributed by atoms with Crippen molar-refractivity contribution in [1.82, 2.24) is 20.1 Å². The van der Waals surface area contributed by atoms with Crippen LogP contribution in [0.5, 0.6) is 0 Å². The number of carbonyl (C=O) groups is 1. The van der Waals surface area contributed by atoms with Crippen molar-refractivity contribution in [3.05, 3.63) is 48.0 Å². The van der Waals surface area contributed by atoms with Crippen molar-refractivity contribution in [3.8, 4) is 0 Å². The molecule has 0 aliphatic rings. The molecule has 1 aromatic heterocycles. The zero-order valence-electron chi connectivity index (χ0n) is 12.3. The molecule has 0 bridgehead atoms. The van der Waals surface area contributed by atoms with E-state index in [0.29, 0.717) is 19.5 Å². The summed E-state index contributed by atoms with van der Waals surface area (Å²) in [5, 5.41) is 6.97. The van der Waals surface area contributed by atoms with Crippen LogP contribution >= 0.6 is 24.8 Å². The minimum Gasteiger partial charge on any atom is -0.352 e. The molecule has 1 heterocycles. The van der Waals surface area contributed by atoms with Crippen molar-refractivity contribution in [2.24, 2.45) is 5.73 Å². The van der Waals surface area contributed by atoms with E-state index in [-0.39, 0.29) is 36.8 Å². The third kappa shape index (κ3) is 6.43. The molecule has 1 amide bonds. The van der Waals surface area contributed by atoms with Gasteiger partial charge in [-0.25, -0.2) is 9.67 Å². The summed E-state index contributed by atoms with van der Waals surface area (Å²) in [7, 11) is 0. The standard InChI is InChI=1S/C14H19N5O.2ClH/c1-11(15)6-14(20)17-7-12-4-2-3-5-13(12)8-19-10-16-9-18-19;;/h2-5,9-11H,6-8,15H2,1H3,(H,17,20);2*1H. The highest BCUT2D eigenvalue weighted by molar-refractivity contribution is 5.85. The van der Waals surface area contributed by atoms with Gasteiger partial charge in [-0.1, -0.05) is 24.3 Å². The molecule has 0 aliphatic heterocycles. The predicted octanol–water partition coefficient (Wildman–Crippen LogP) is 1.52. The van der Waals surface area contributed by atoms with Gasteiger partial charge in [0.15, 0.2) is 0 Å². The molecule has 0 aliphatic carbocycles. The molecule has 0 fully saturated rings. The fourth-order valence-electron chi connectivity index (χ4n) is 1.93. The van der Waals surface area contributed by atoms with Gasteiger partial charge in [0, 0.05) is 19.0 Å². The van der Waals surface area contributed by atoms with Crippen LogP contribution in [-0.4, -0.2) is 26.7 Å². The Morgan fingerprint density at radius 2 is 2.00 bits per heavy atom. The summed E-state index contributed by atoms with van der Waals surface area (Å²) in [5.74, 6) is -0.0319. The number of rotatable bonds is 6. The number of aromatic nitrogens is 3. The molecular weight excluding hydrogens is 325 g/mol. The molecule has 22 heavy (non-hydrogen) atoms. The fraction of sp³-hybridized carbons (Fsp3) is 0.357. The predicted molar refractivity (Wildman–Crippen MR) is 90.2 cm³/mol. The van der Waals surface area contributed by atoms with Crippen LogP contribution in [0.25, 0.3) is 0 Å². The second-order valence-electron chi connectivity index (χ2n) is 4.82. The van der Waals surface area contributed by atoms with Crippen LogP contribution in [0.15, 0.2) is 36.9 Å². The van der Waals surface area contributed by atoms with Crippen LogP contribution in [0, 0.1) is 0 Å². The number of nitrogens with one attached hydrogen (secondary N) is 1. The SMILES string of the molecule is CC(N)CC(=O)NCc1ccccc1Cn1cncn1.Cl.Cl. The van der Waals surface area contributed by atoms with Gasteiger partial charge in [0.2, 0.25) is 5.91 Å². The molecule has 1 atom stereocenters. The topological polar surface area (TPSA) is 85.8 Å². The molecule has 1 unspecified atom stereocenters. The minimum absolute atomic E-state index is 0. The quantitative estimate of drug-likeness (QED) is 0.831. The van der Waals surface area contributed by atoms with Gasteiger partial charge in [0.25, 0.3) is 0 Å². The third-order valence-electron chi connectivity index (χ3n) is 2.90. The largest absolute Gasteiger partial charge is 0.352 e. The Balaban J connectivity index is 0.00000220. The van der Waals surface area contributed by atoms with E-state index in [1.54, 1.807) is 11.0 Å². The Labute approximate surface area is 142 Å². The van der Waals surface area contributed by atoms with Crippen molar-refractivity contribution in [3.63, 3.8) is 0 Å². The van der Waals surface area contributed by atoms with Crippen molar-refractivity contribution < 1.29 is 4.79 Å². The van der Waals surface area contributed by atoms with Crippen molar-refractivity contribution in [1.29, 1.82) is 0 Å². The van der Waals surface area contributed by atoms with E-state index < -0.39 is 0 Å². The summed E-state index contributed by atoms with van der Waals surface area (Å²) in [6.07, 6.45) is 3.52. The van der Waals surface area contributed by atoms with E-state index in [1.807, 2.05) is 31.2 Å². The zero-order valence-corrected chi connectivity index (χ0v) is 13.9.